The second-order valence-electron chi connectivity index (χ2n) is 6.41. The third kappa shape index (κ3) is 3.30. The highest BCUT2D eigenvalue weighted by molar-refractivity contribution is 8.00. The lowest BCUT2D eigenvalue weighted by molar-refractivity contribution is 0.221. The molecule has 0 aromatic heterocycles. The molecule has 0 bridgehead atoms. The van der Waals surface area contributed by atoms with Crippen molar-refractivity contribution in [3.63, 3.8) is 0 Å². The van der Waals surface area contributed by atoms with Crippen molar-refractivity contribution in [2.75, 3.05) is 13.6 Å². The van der Waals surface area contributed by atoms with Gasteiger partial charge in [-0.1, -0.05) is 39.0 Å². The van der Waals surface area contributed by atoms with Gasteiger partial charge in [-0.05, 0) is 49.4 Å². The maximum absolute atomic E-state index is 3.36. The van der Waals surface area contributed by atoms with Gasteiger partial charge < -0.3 is 5.32 Å². The summed E-state index contributed by atoms with van der Waals surface area (Å²) in [7, 11) is 2.06. The van der Waals surface area contributed by atoms with E-state index < -0.39 is 0 Å². The molecular weight excluding hydrogens is 238 g/mol. The van der Waals surface area contributed by atoms with Gasteiger partial charge in [-0.25, -0.2) is 0 Å². The summed E-state index contributed by atoms with van der Waals surface area (Å²) < 4.78 is 0. The van der Waals surface area contributed by atoms with Crippen LogP contribution in [0.5, 0.6) is 0 Å². The second kappa shape index (κ2) is 5.66. The van der Waals surface area contributed by atoms with E-state index >= 15 is 0 Å². The SMILES string of the molecule is CNCC(CC1Cc2ccccc2S1)C(C)(C)C. The normalized spacial score (nSPS) is 20.8. The van der Waals surface area contributed by atoms with Gasteiger partial charge in [-0.3, -0.25) is 0 Å². The molecule has 1 aromatic rings. The molecule has 100 valence electrons. The molecule has 1 aliphatic rings. The molecule has 18 heavy (non-hydrogen) atoms. The van der Waals surface area contributed by atoms with Crippen molar-refractivity contribution in [1.29, 1.82) is 0 Å². The van der Waals surface area contributed by atoms with Crippen LogP contribution in [0, 0.1) is 11.3 Å². The third-order valence-corrected chi connectivity index (χ3v) is 5.28. The Labute approximate surface area is 116 Å². The molecule has 2 atom stereocenters. The quantitative estimate of drug-likeness (QED) is 0.882. The summed E-state index contributed by atoms with van der Waals surface area (Å²) in [5.74, 6) is 0.745. The molecule has 1 N–H and O–H groups in total. The van der Waals surface area contributed by atoms with Gasteiger partial charge in [0.2, 0.25) is 0 Å². The van der Waals surface area contributed by atoms with Crippen molar-refractivity contribution >= 4 is 11.8 Å². The molecule has 0 saturated carbocycles. The summed E-state index contributed by atoms with van der Waals surface area (Å²) in [4.78, 5) is 1.50. The monoisotopic (exact) mass is 263 g/mol. The lowest BCUT2D eigenvalue weighted by Gasteiger charge is -2.32. The number of hydrogen-bond acceptors (Lipinski definition) is 2. The van der Waals surface area contributed by atoms with E-state index in [0.717, 1.165) is 17.7 Å². The summed E-state index contributed by atoms with van der Waals surface area (Å²) in [6.07, 6.45) is 2.56. The standard InChI is InChI=1S/C16H25NS/c1-16(2,3)13(11-17-4)10-14-9-12-7-5-6-8-15(12)18-14/h5-8,13-14,17H,9-11H2,1-4H3. The maximum Gasteiger partial charge on any atom is 0.0139 e. The molecule has 0 spiro atoms. The van der Waals surface area contributed by atoms with Crippen molar-refractivity contribution in [3.05, 3.63) is 29.8 Å². The highest BCUT2D eigenvalue weighted by Gasteiger charge is 2.30. The van der Waals surface area contributed by atoms with Gasteiger partial charge in [-0.15, -0.1) is 11.8 Å². The molecule has 1 heterocycles. The van der Waals surface area contributed by atoms with E-state index in [0.29, 0.717) is 5.41 Å². The molecule has 2 unspecified atom stereocenters. The van der Waals surface area contributed by atoms with Crippen LogP contribution < -0.4 is 5.32 Å². The molecule has 1 nitrogen and oxygen atoms in total. The fourth-order valence-corrected chi connectivity index (χ4v) is 4.10. The molecule has 1 aliphatic heterocycles. The van der Waals surface area contributed by atoms with Crippen molar-refractivity contribution in [3.8, 4) is 0 Å². The van der Waals surface area contributed by atoms with Crippen LogP contribution in [0.4, 0.5) is 0 Å². The molecular formula is C16H25NS. The number of thioether (sulfide) groups is 1. The zero-order valence-corrected chi connectivity index (χ0v) is 12.8. The highest BCUT2D eigenvalue weighted by Crippen LogP contribution is 2.42. The number of hydrogen-bond donors (Lipinski definition) is 1. The zero-order chi connectivity index (χ0) is 13.2. The van der Waals surface area contributed by atoms with E-state index in [4.69, 9.17) is 0 Å². The minimum absolute atomic E-state index is 0.387. The van der Waals surface area contributed by atoms with Crippen LogP contribution in [0.2, 0.25) is 0 Å². The molecule has 0 saturated heterocycles. The van der Waals surface area contributed by atoms with Gasteiger partial charge in [0.15, 0.2) is 0 Å². The molecule has 0 radical (unpaired) electrons. The molecule has 0 aliphatic carbocycles. The molecule has 0 fully saturated rings. The average molecular weight is 263 g/mol. The summed E-state index contributed by atoms with van der Waals surface area (Å²) in [5.41, 5.74) is 1.93. The van der Waals surface area contributed by atoms with Crippen LogP contribution in [-0.2, 0) is 6.42 Å². The van der Waals surface area contributed by atoms with Crippen LogP contribution in [0.25, 0.3) is 0 Å². The fourth-order valence-electron chi connectivity index (χ4n) is 2.69. The highest BCUT2D eigenvalue weighted by atomic mass is 32.2. The Morgan fingerprint density at radius 3 is 2.67 bits per heavy atom. The van der Waals surface area contributed by atoms with Crippen molar-refractivity contribution in [1.82, 2.24) is 5.32 Å². The van der Waals surface area contributed by atoms with Gasteiger partial charge in [0.25, 0.3) is 0 Å². The van der Waals surface area contributed by atoms with Crippen molar-refractivity contribution in [2.24, 2.45) is 11.3 Å². The summed E-state index contributed by atoms with van der Waals surface area (Å²) >= 11 is 2.08. The van der Waals surface area contributed by atoms with Gasteiger partial charge in [0.1, 0.15) is 0 Å². The number of nitrogens with one attached hydrogen (secondary N) is 1. The Morgan fingerprint density at radius 1 is 1.33 bits per heavy atom. The first-order chi connectivity index (χ1) is 8.50. The van der Waals surface area contributed by atoms with E-state index in [1.807, 2.05) is 0 Å². The summed E-state index contributed by atoms with van der Waals surface area (Å²) in [6.45, 7) is 8.21. The maximum atomic E-state index is 3.36. The van der Waals surface area contributed by atoms with E-state index in [9.17, 15) is 0 Å². The first-order valence-electron chi connectivity index (χ1n) is 6.90. The lowest BCUT2D eigenvalue weighted by Crippen LogP contribution is -2.32. The minimum atomic E-state index is 0.387. The Morgan fingerprint density at radius 2 is 2.06 bits per heavy atom. The topological polar surface area (TPSA) is 12.0 Å². The van der Waals surface area contributed by atoms with Crippen LogP contribution >= 0.6 is 11.8 Å². The van der Waals surface area contributed by atoms with Gasteiger partial charge >= 0.3 is 0 Å². The van der Waals surface area contributed by atoms with Crippen LogP contribution in [0.3, 0.4) is 0 Å². The molecule has 0 amide bonds. The Bertz CT molecular complexity index is 369. The summed E-state index contributed by atoms with van der Waals surface area (Å²) in [6, 6.07) is 8.87. The predicted molar refractivity (Wildman–Crippen MR) is 81.3 cm³/mol. The largest absolute Gasteiger partial charge is 0.319 e. The Kier molecular flexibility index (Phi) is 4.39. The van der Waals surface area contributed by atoms with E-state index in [2.05, 4.69) is 69.2 Å². The molecule has 2 heteroatoms. The van der Waals surface area contributed by atoms with Crippen LogP contribution in [-0.4, -0.2) is 18.8 Å². The van der Waals surface area contributed by atoms with Crippen molar-refractivity contribution in [2.45, 2.75) is 43.8 Å². The summed E-state index contributed by atoms with van der Waals surface area (Å²) in [5, 5.41) is 4.12. The van der Waals surface area contributed by atoms with Gasteiger partial charge in [-0.2, -0.15) is 0 Å². The zero-order valence-electron chi connectivity index (χ0n) is 12.0. The first kappa shape index (κ1) is 14.0. The lowest BCUT2D eigenvalue weighted by atomic mass is 9.77. The van der Waals surface area contributed by atoms with Crippen LogP contribution in [0.15, 0.2) is 29.2 Å². The van der Waals surface area contributed by atoms with Gasteiger partial charge in [0.05, 0.1) is 0 Å². The predicted octanol–water partition coefficient (Wildman–Crippen LogP) is 3.98. The fraction of sp³-hybridized carbons (Fsp3) is 0.625. The van der Waals surface area contributed by atoms with Gasteiger partial charge in [0, 0.05) is 10.1 Å². The number of fused-ring (bicyclic) bond motifs is 1. The molecule has 2 rings (SSSR count). The smallest absolute Gasteiger partial charge is 0.0139 e. The Balaban J connectivity index is 1.99. The third-order valence-electron chi connectivity index (χ3n) is 3.94. The number of rotatable bonds is 4. The number of benzene rings is 1. The minimum Gasteiger partial charge on any atom is -0.319 e. The average Bonchev–Trinajstić information content (AvgIpc) is 2.69. The Hall–Kier alpha value is -0.470. The second-order valence-corrected chi connectivity index (χ2v) is 7.75. The van der Waals surface area contributed by atoms with Crippen molar-refractivity contribution < 1.29 is 0 Å². The van der Waals surface area contributed by atoms with E-state index in [1.54, 1.807) is 5.56 Å². The van der Waals surface area contributed by atoms with E-state index in [-0.39, 0.29) is 0 Å². The van der Waals surface area contributed by atoms with E-state index in [1.165, 1.54) is 17.7 Å². The molecule has 1 aromatic carbocycles. The first-order valence-corrected chi connectivity index (χ1v) is 7.78. The van der Waals surface area contributed by atoms with Crippen LogP contribution in [0.1, 0.15) is 32.8 Å².